The number of rotatable bonds is 5. The summed E-state index contributed by atoms with van der Waals surface area (Å²) in [6, 6.07) is 6.65. The van der Waals surface area contributed by atoms with E-state index in [4.69, 9.17) is 4.74 Å². The molecule has 1 aliphatic rings. The Bertz CT molecular complexity index is 797. The van der Waals surface area contributed by atoms with Crippen LogP contribution in [-0.2, 0) is 19.4 Å². The van der Waals surface area contributed by atoms with Crippen LogP contribution in [0.5, 0.6) is 0 Å². The van der Waals surface area contributed by atoms with E-state index < -0.39 is 15.8 Å². The van der Waals surface area contributed by atoms with Crippen molar-refractivity contribution in [2.24, 2.45) is 16.1 Å². The van der Waals surface area contributed by atoms with E-state index in [0.717, 1.165) is 17.5 Å². The maximum Gasteiger partial charge on any atom is 0.315 e. The Morgan fingerprint density at radius 2 is 1.96 bits per heavy atom. The van der Waals surface area contributed by atoms with Gasteiger partial charge in [-0.15, -0.1) is 0 Å². The van der Waals surface area contributed by atoms with Gasteiger partial charge in [0.1, 0.15) is 5.92 Å². The van der Waals surface area contributed by atoms with E-state index in [9.17, 15) is 13.2 Å². The highest BCUT2D eigenvalue weighted by atomic mass is 32.2. The smallest absolute Gasteiger partial charge is 0.315 e. The second-order valence-electron chi connectivity index (χ2n) is 5.74. The molecule has 0 saturated carbocycles. The van der Waals surface area contributed by atoms with Crippen LogP contribution in [0.1, 0.15) is 38.7 Å². The first-order chi connectivity index (χ1) is 11.3. The summed E-state index contributed by atoms with van der Waals surface area (Å²) in [5, 5.41) is 8.32. The fraction of sp³-hybridized carbons (Fsp3) is 0.471. The molecule has 0 amide bonds. The lowest BCUT2D eigenvalue weighted by atomic mass is 9.78. The Morgan fingerprint density at radius 3 is 2.54 bits per heavy atom. The number of hydrogen-bond acceptors (Lipinski definition) is 6. The predicted octanol–water partition coefficient (Wildman–Crippen LogP) is 2.59. The van der Waals surface area contributed by atoms with E-state index in [1.54, 1.807) is 32.0 Å². The first-order valence-corrected chi connectivity index (χ1v) is 9.76. The summed E-state index contributed by atoms with van der Waals surface area (Å²) < 4.78 is 28.9. The molecule has 0 spiro atoms. The van der Waals surface area contributed by atoms with Gasteiger partial charge in [-0.2, -0.15) is 10.2 Å². The minimum Gasteiger partial charge on any atom is -0.465 e. The predicted molar refractivity (Wildman–Crippen MR) is 93.3 cm³/mol. The Balaban J connectivity index is 2.56. The van der Waals surface area contributed by atoms with Gasteiger partial charge in [0.15, 0.2) is 9.84 Å². The maximum absolute atomic E-state index is 12.5. The minimum atomic E-state index is -3.34. The molecule has 1 heterocycles. The number of benzene rings is 1. The van der Waals surface area contributed by atoms with E-state index in [-0.39, 0.29) is 23.4 Å². The summed E-state index contributed by atoms with van der Waals surface area (Å²) in [5.74, 6) is -1.32. The second-order valence-corrected chi connectivity index (χ2v) is 7.75. The van der Waals surface area contributed by atoms with Crippen molar-refractivity contribution in [3.63, 3.8) is 0 Å². The zero-order valence-corrected chi connectivity index (χ0v) is 15.1. The number of hydrogen-bond donors (Lipinski definition) is 0. The molecular formula is C17H22N2O4S. The van der Waals surface area contributed by atoms with Gasteiger partial charge >= 0.3 is 5.97 Å². The average Bonchev–Trinajstić information content (AvgIpc) is 2.54. The highest BCUT2D eigenvalue weighted by Crippen LogP contribution is 2.34. The van der Waals surface area contributed by atoms with Crippen molar-refractivity contribution < 1.29 is 17.9 Å². The van der Waals surface area contributed by atoms with E-state index in [2.05, 4.69) is 10.2 Å². The summed E-state index contributed by atoms with van der Waals surface area (Å²) in [5.41, 5.74) is 2.04. The van der Waals surface area contributed by atoms with Gasteiger partial charge in [-0.25, -0.2) is 8.42 Å². The summed E-state index contributed by atoms with van der Waals surface area (Å²) in [4.78, 5) is 12.7. The van der Waals surface area contributed by atoms with Crippen LogP contribution in [-0.4, -0.2) is 38.7 Å². The average molecular weight is 350 g/mol. The molecule has 0 saturated heterocycles. The number of carbonyl (C=O) groups excluding carboxylic acids is 1. The van der Waals surface area contributed by atoms with Gasteiger partial charge in [-0.3, -0.25) is 4.79 Å². The molecule has 2 unspecified atom stereocenters. The summed E-state index contributed by atoms with van der Waals surface area (Å²) in [6.45, 7) is 5.70. The lowest BCUT2D eigenvalue weighted by Gasteiger charge is -2.29. The minimum absolute atomic E-state index is 0.221. The topological polar surface area (TPSA) is 85.2 Å². The number of esters is 1. The largest absolute Gasteiger partial charge is 0.465 e. The van der Waals surface area contributed by atoms with Crippen molar-refractivity contribution in [2.45, 2.75) is 38.0 Å². The zero-order valence-electron chi connectivity index (χ0n) is 14.3. The lowest BCUT2D eigenvalue weighted by molar-refractivity contribution is -0.145. The van der Waals surface area contributed by atoms with Crippen LogP contribution in [0.15, 0.2) is 39.4 Å². The third-order valence-corrected chi connectivity index (χ3v) is 5.14. The monoisotopic (exact) mass is 350 g/mol. The molecule has 1 aromatic rings. The highest BCUT2D eigenvalue weighted by Gasteiger charge is 2.38. The molecule has 2 rings (SSSR count). The van der Waals surface area contributed by atoms with Crippen LogP contribution in [0, 0.1) is 5.92 Å². The Morgan fingerprint density at radius 1 is 1.25 bits per heavy atom. The Kier molecular flexibility index (Phi) is 5.54. The summed E-state index contributed by atoms with van der Waals surface area (Å²) >= 11 is 0. The quantitative estimate of drug-likeness (QED) is 0.764. The number of ether oxygens (including phenoxy) is 1. The fourth-order valence-electron chi connectivity index (χ4n) is 2.85. The normalized spacial score (nSPS) is 21.0. The van der Waals surface area contributed by atoms with Gasteiger partial charge in [-0.1, -0.05) is 19.1 Å². The Hall–Kier alpha value is -2.02. The van der Waals surface area contributed by atoms with Gasteiger partial charge in [0.25, 0.3) is 0 Å². The zero-order chi connectivity index (χ0) is 17.9. The lowest BCUT2D eigenvalue weighted by Crippen LogP contribution is -2.36. The molecule has 0 aliphatic carbocycles. The number of nitrogens with zero attached hydrogens (tertiary/aromatic N) is 2. The van der Waals surface area contributed by atoms with Crippen LogP contribution in [0.2, 0.25) is 0 Å². The fourth-order valence-corrected chi connectivity index (χ4v) is 3.53. The molecule has 0 aromatic heterocycles. The third-order valence-electron chi connectivity index (χ3n) is 4.03. The first-order valence-electron chi connectivity index (χ1n) is 7.87. The van der Waals surface area contributed by atoms with E-state index in [0.29, 0.717) is 12.1 Å². The Labute approximate surface area is 142 Å². The van der Waals surface area contributed by atoms with Gasteiger partial charge < -0.3 is 4.74 Å². The van der Waals surface area contributed by atoms with E-state index in [1.807, 2.05) is 13.0 Å². The van der Waals surface area contributed by atoms with Crippen molar-refractivity contribution in [3.8, 4) is 0 Å². The van der Waals surface area contributed by atoms with Crippen molar-refractivity contribution in [2.75, 3.05) is 12.9 Å². The van der Waals surface area contributed by atoms with Crippen LogP contribution in [0.25, 0.3) is 0 Å². The van der Waals surface area contributed by atoms with Crippen LogP contribution in [0.4, 0.5) is 0 Å². The molecule has 1 aliphatic heterocycles. The molecule has 6 nitrogen and oxygen atoms in total. The molecule has 0 bridgehead atoms. The SMILES string of the molecule is CCOC(=O)C1C(C)=NN=C(CC)C1c1cccc(S(C)(=O)=O)c1. The van der Waals surface area contributed by atoms with E-state index >= 15 is 0 Å². The molecule has 0 N–H and O–H groups in total. The van der Waals surface area contributed by atoms with Gasteiger partial charge in [0, 0.05) is 17.9 Å². The standard InChI is InChI=1S/C17H22N2O4S/c1-5-14-16(12-8-7-9-13(10-12)24(4,21)22)15(11(3)18-19-14)17(20)23-6-2/h7-10,15-16H,5-6H2,1-4H3. The number of carbonyl (C=O) groups is 1. The molecule has 130 valence electrons. The molecule has 0 radical (unpaired) electrons. The van der Waals surface area contributed by atoms with Crippen molar-refractivity contribution >= 4 is 27.2 Å². The number of sulfone groups is 1. The van der Waals surface area contributed by atoms with Crippen molar-refractivity contribution in [3.05, 3.63) is 29.8 Å². The molecule has 2 atom stereocenters. The van der Waals surface area contributed by atoms with Crippen LogP contribution < -0.4 is 0 Å². The van der Waals surface area contributed by atoms with Gasteiger partial charge in [0.05, 0.1) is 17.2 Å². The van der Waals surface area contributed by atoms with Crippen molar-refractivity contribution in [1.82, 2.24) is 0 Å². The van der Waals surface area contributed by atoms with E-state index in [1.165, 1.54) is 0 Å². The first kappa shape index (κ1) is 18.3. The molecular weight excluding hydrogens is 328 g/mol. The molecule has 24 heavy (non-hydrogen) atoms. The second kappa shape index (κ2) is 7.25. The summed E-state index contributed by atoms with van der Waals surface area (Å²) in [6.07, 6.45) is 1.78. The molecule has 0 fully saturated rings. The molecule has 7 heteroatoms. The molecule has 1 aromatic carbocycles. The van der Waals surface area contributed by atoms with Crippen LogP contribution >= 0.6 is 0 Å². The highest BCUT2D eigenvalue weighted by molar-refractivity contribution is 7.90. The third kappa shape index (κ3) is 3.72. The van der Waals surface area contributed by atoms with Crippen LogP contribution in [0.3, 0.4) is 0 Å². The summed E-state index contributed by atoms with van der Waals surface area (Å²) in [7, 11) is -3.34. The van der Waals surface area contributed by atoms with Gasteiger partial charge in [-0.05, 0) is 38.0 Å². The van der Waals surface area contributed by atoms with Gasteiger partial charge in [0.2, 0.25) is 0 Å². The maximum atomic E-state index is 12.5. The van der Waals surface area contributed by atoms with Crippen molar-refractivity contribution in [1.29, 1.82) is 0 Å².